The molecule has 2 aromatic heterocycles. The van der Waals surface area contributed by atoms with E-state index >= 15 is 0 Å². The van der Waals surface area contributed by atoms with Gasteiger partial charge in [0.1, 0.15) is 0 Å². The van der Waals surface area contributed by atoms with Crippen LogP contribution in [-0.4, -0.2) is 51.0 Å². The number of carbonyl (C=O) groups is 1. The largest absolute Gasteiger partial charge is 0.352 e. The highest BCUT2D eigenvalue weighted by Crippen LogP contribution is 2.34. The van der Waals surface area contributed by atoms with Gasteiger partial charge in [-0.05, 0) is 73.9 Å². The van der Waals surface area contributed by atoms with E-state index in [0.29, 0.717) is 6.54 Å². The van der Waals surface area contributed by atoms with Crippen molar-refractivity contribution in [1.82, 2.24) is 24.8 Å². The molecule has 2 atom stereocenters. The molecule has 1 amide bonds. The summed E-state index contributed by atoms with van der Waals surface area (Å²) < 4.78 is 1.90. The Labute approximate surface area is 248 Å². The van der Waals surface area contributed by atoms with Crippen molar-refractivity contribution in [2.75, 3.05) is 19.6 Å². The zero-order valence-corrected chi connectivity index (χ0v) is 24.4. The van der Waals surface area contributed by atoms with Crippen LogP contribution in [0.3, 0.4) is 0 Å². The minimum Gasteiger partial charge on any atom is -0.352 e. The molecular weight excluding hydrogens is 522 g/mol. The second-order valence-electron chi connectivity index (χ2n) is 11.2. The van der Waals surface area contributed by atoms with Crippen LogP contribution in [0.2, 0.25) is 0 Å². The lowest BCUT2D eigenvalue weighted by atomic mass is 9.76. The van der Waals surface area contributed by atoms with Crippen LogP contribution in [0, 0.1) is 0 Å². The van der Waals surface area contributed by atoms with Gasteiger partial charge in [-0.15, -0.1) is 0 Å². The Morgan fingerprint density at radius 1 is 1.07 bits per heavy atom. The topological polar surface area (TPSA) is 83.0 Å². The van der Waals surface area contributed by atoms with E-state index in [9.17, 15) is 9.59 Å². The van der Waals surface area contributed by atoms with Crippen LogP contribution < -0.4 is 11.0 Å². The Bertz CT molecular complexity index is 1560. The van der Waals surface area contributed by atoms with E-state index in [1.54, 1.807) is 12.3 Å². The van der Waals surface area contributed by atoms with Crippen LogP contribution in [0.4, 0.5) is 0 Å². The third-order valence-corrected chi connectivity index (χ3v) is 8.43. The third kappa shape index (κ3) is 6.97. The van der Waals surface area contributed by atoms with Gasteiger partial charge in [0.25, 0.3) is 0 Å². The molecule has 2 N–H and O–H groups in total. The highest BCUT2D eigenvalue weighted by Gasteiger charge is 2.31. The van der Waals surface area contributed by atoms with Gasteiger partial charge >= 0.3 is 5.69 Å². The molecule has 0 radical (unpaired) electrons. The molecular formula is C35H41N5O2. The van der Waals surface area contributed by atoms with Crippen LogP contribution >= 0.6 is 0 Å². The SMILES string of the molecule is C=C/C=C\C.O=C(CN1CCC(n2c(=O)[nH]c3ccccc32)CC1)NC1CCc2ccccc2C1Cc1cccnc1. The van der Waals surface area contributed by atoms with Crippen molar-refractivity contribution < 1.29 is 4.79 Å². The lowest BCUT2D eigenvalue weighted by molar-refractivity contribution is -0.123. The van der Waals surface area contributed by atoms with Gasteiger partial charge in [-0.3, -0.25) is 19.2 Å². The number of rotatable bonds is 7. The molecule has 2 aliphatic rings. The van der Waals surface area contributed by atoms with Crippen molar-refractivity contribution in [2.24, 2.45) is 0 Å². The number of para-hydroxylation sites is 2. The van der Waals surface area contributed by atoms with Crippen molar-refractivity contribution in [3.05, 3.63) is 125 Å². The molecule has 4 aromatic rings. The second kappa shape index (κ2) is 14.1. The molecule has 7 heteroatoms. The van der Waals surface area contributed by atoms with E-state index in [4.69, 9.17) is 0 Å². The average Bonchev–Trinajstić information content (AvgIpc) is 3.35. The van der Waals surface area contributed by atoms with Crippen LogP contribution in [-0.2, 0) is 17.6 Å². The standard InChI is InChI=1S/C30H33N5O2.C5H8/c36-29(20-34-16-13-23(14-17-34)35-28-10-4-3-9-27(28)33-30(35)37)32-26-12-11-22-7-1-2-8-24(22)25(26)18-21-6-5-15-31-19-21;1-3-5-4-2/h1-10,15,19,23,25-26H,11-14,16-18,20H2,(H,32,36)(H,33,37);3-5H,1H2,2H3/b;5-4-. The number of benzene rings is 2. The number of allylic oxidation sites excluding steroid dienone is 3. The van der Waals surface area contributed by atoms with Gasteiger partial charge in [-0.1, -0.05) is 67.3 Å². The molecule has 0 bridgehead atoms. The summed E-state index contributed by atoms with van der Waals surface area (Å²) in [5.74, 6) is 0.320. The summed E-state index contributed by atoms with van der Waals surface area (Å²) in [7, 11) is 0. The number of hydrogen-bond acceptors (Lipinski definition) is 4. The van der Waals surface area contributed by atoms with Crippen LogP contribution in [0.5, 0.6) is 0 Å². The number of aromatic nitrogens is 3. The molecule has 3 heterocycles. The summed E-state index contributed by atoms with van der Waals surface area (Å²) in [6.07, 6.45) is 13.8. The summed E-state index contributed by atoms with van der Waals surface area (Å²) in [5.41, 5.74) is 5.71. The number of fused-ring (bicyclic) bond motifs is 2. The predicted octanol–water partition coefficient (Wildman–Crippen LogP) is 5.57. The van der Waals surface area contributed by atoms with E-state index in [-0.39, 0.29) is 29.6 Å². The number of aryl methyl sites for hydroxylation is 1. The number of hydrogen-bond donors (Lipinski definition) is 2. The van der Waals surface area contributed by atoms with Gasteiger partial charge in [0.05, 0.1) is 17.6 Å². The van der Waals surface area contributed by atoms with E-state index in [2.05, 4.69) is 57.1 Å². The van der Waals surface area contributed by atoms with Crippen molar-refractivity contribution >= 4 is 16.9 Å². The number of amides is 1. The molecule has 1 aliphatic carbocycles. The smallest absolute Gasteiger partial charge is 0.326 e. The number of H-pyrrole nitrogens is 1. The lowest BCUT2D eigenvalue weighted by Gasteiger charge is -2.36. The molecule has 1 aliphatic heterocycles. The minimum absolute atomic E-state index is 0.0466. The first-order valence-electron chi connectivity index (χ1n) is 15.0. The maximum absolute atomic E-state index is 13.2. The highest BCUT2D eigenvalue weighted by molar-refractivity contribution is 5.78. The number of imidazole rings is 1. The van der Waals surface area contributed by atoms with Crippen molar-refractivity contribution in [3.8, 4) is 0 Å². The molecule has 42 heavy (non-hydrogen) atoms. The van der Waals surface area contributed by atoms with Crippen molar-refractivity contribution in [2.45, 2.75) is 57.0 Å². The molecule has 0 saturated carbocycles. The van der Waals surface area contributed by atoms with Crippen molar-refractivity contribution in [1.29, 1.82) is 0 Å². The zero-order valence-electron chi connectivity index (χ0n) is 24.4. The predicted molar refractivity (Wildman–Crippen MR) is 170 cm³/mol. The van der Waals surface area contributed by atoms with E-state index < -0.39 is 0 Å². The minimum atomic E-state index is -0.0466. The maximum Gasteiger partial charge on any atom is 0.326 e. The number of likely N-dealkylation sites (tertiary alicyclic amines) is 1. The molecule has 2 aromatic carbocycles. The summed E-state index contributed by atoms with van der Waals surface area (Å²) >= 11 is 0. The third-order valence-electron chi connectivity index (χ3n) is 8.43. The molecule has 2 unspecified atom stereocenters. The molecule has 0 spiro atoms. The number of carbonyl (C=O) groups excluding carboxylic acids is 1. The van der Waals surface area contributed by atoms with Crippen LogP contribution in [0.25, 0.3) is 11.0 Å². The van der Waals surface area contributed by atoms with Gasteiger partial charge < -0.3 is 10.3 Å². The van der Waals surface area contributed by atoms with Gasteiger partial charge in [0.2, 0.25) is 5.91 Å². The first kappa shape index (κ1) is 29.3. The number of aromatic amines is 1. The Morgan fingerprint density at radius 3 is 2.60 bits per heavy atom. The Balaban J connectivity index is 0.000000652. The van der Waals surface area contributed by atoms with Gasteiger partial charge in [-0.25, -0.2) is 4.79 Å². The van der Waals surface area contributed by atoms with Gasteiger partial charge in [0.15, 0.2) is 0 Å². The fourth-order valence-electron chi connectivity index (χ4n) is 6.41. The number of nitrogens with one attached hydrogen (secondary N) is 2. The highest BCUT2D eigenvalue weighted by atomic mass is 16.2. The summed E-state index contributed by atoms with van der Waals surface area (Å²) in [4.78, 5) is 35.3. The van der Waals surface area contributed by atoms with Gasteiger partial charge in [0, 0.05) is 43.5 Å². The average molecular weight is 564 g/mol. The van der Waals surface area contributed by atoms with Crippen LogP contribution in [0.15, 0.2) is 103 Å². The van der Waals surface area contributed by atoms with E-state index in [1.165, 1.54) is 16.7 Å². The zero-order chi connectivity index (χ0) is 29.3. The summed E-state index contributed by atoms with van der Waals surface area (Å²) in [6.45, 7) is 7.42. The maximum atomic E-state index is 13.2. The molecule has 6 rings (SSSR count). The Kier molecular flexibility index (Phi) is 9.82. The first-order valence-corrected chi connectivity index (χ1v) is 15.0. The summed E-state index contributed by atoms with van der Waals surface area (Å²) in [6, 6.07) is 20.8. The molecule has 1 saturated heterocycles. The molecule has 1 fully saturated rings. The summed E-state index contributed by atoms with van der Waals surface area (Å²) in [5, 5.41) is 3.39. The fourth-order valence-corrected chi connectivity index (χ4v) is 6.41. The lowest BCUT2D eigenvalue weighted by Crippen LogP contribution is -2.48. The second-order valence-corrected chi connectivity index (χ2v) is 11.2. The van der Waals surface area contributed by atoms with Gasteiger partial charge in [-0.2, -0.15) is 0 Å². The molecule has 218 valence electrons. The quantitative estimate of drug-likeness (QED) is 0.288. The number of pyridine rings is 1. The van der Waals surface area contributed by atoms with E-state index in [0.717, 1.165) is 56.2 Å². The van der Waals surface area contributed by atoms with Crippen LogP contribution in [0.1, 0.15) is 54.8 Å². The molecule has 7 nitrogen and oxygen atoms in total. The number of piperidine rings is 1. The fraction of sp³-hybridized carbons (Fsp3) is 0.343. The van der Waals surface area contributed by atoms with E-state index in [1.807, 2.05) is 60.2 Å². The number of nitrogens with zero attached hydrogens (tertiary/aromatic N) is 3. The Morgan fingerprint density at radius 2 is 1.86 bits per heavy atom. The Hall–Kier alpha value is -4.23. The monoisotopic (exact) mass is 563 g/mol. The first-order chi connectivity index (χ1) is 20.6. The normalized spacial score (nSPS) is 19.2. The van der Waals surface area contributed by atoms with Crippen molar-refractivity contribution in [3.63, 3.8) is 0 Å².